The molecule has 2 fully saturated rings. The molecule has 0 radical (unpaired) electrons. The van der Waals surface area contributed by atoms with Crippen LogP contribution in [-0.2, 0) is 4.79 Å². The van der Waals surface area contributed by atoms with Gasteiger partial charge in [-0.2, -0.15) is 0 Å². The van der Waals surface area contributed by atoms with Crippen LogP contribution in [0.2, 0.25) is 0 Å². The third-order valence-corrected chi connectivity index (χ3v) is 5.51. The summed E-state index contributed by atoms with van der Waals surface area (Å²) < 4.78 is 40.9. The molecule has 1 aromatic carbocycles. The second kappa shape index (κ2) is 8.03. The number of nitrogens with zero attached hydrogens (tertiary/aromatic N) is 3. The lowest BCUT2D eigenvalue weighted by molar-refractivity contribution is -0.274. The smallest absolute Gasteiger partial charge is 0.406 e. The van der Waals surface area contributed by atoms with Gasteiger partial charge < -0.3 is 9.64 Å². The zero-order valence-electron chi connectivity index (χ0n) is 16.5. The quantitative estimate of drug-likeness (QED) is 0.783. The Kier molecular flexibility index (Phi) is 5.97. The Morgan fingerprint density at radius 1 is 1.20 bits per heavy atom. The van der Waals surface area contributed by atoms with Gasteiger partial charge >= 0.3 is 6.36 Å². The molecule has 2 aromatic rings. The van der Waals surface area contributed by atoms with Crippen molar-refractivity contribution in [3.63, 3.8) is 0 Å². The first kappa shape index (κ1) is 22.3. The Labute approximate surface area is 178 Å². The summed E-state index contributed by atoms with van der Waals surface area (Å²) in [5.41, 5.74) is 1.49. The van der Waals surface area contributed by atoms with Gasteiger partial charge in [0.25, 0.3) is 0 Å². The molecule has 2 aliphatic heterocycles. The van der Waals surface area contributed by atoms with E-state index in [1.165, 1.54) is 24.3 Å². The van der Waals surface area contributed by atoms with Gasteiger partial charge in [0.15, 0.2) is 0 Å². The number of nitrogens with one attached hydrogen (secondary N) is 1. The SMILES string of the molecule is Cc1cc(-c2ccc(OC(F)(F)F)cc2)nc([C@H]2CC[C@@]3(CCN(C)C3=O)N2)n1.Cl. The minimum absolute atomic E-state index is 0. The minimum Gasteiger partial charge on any atom is -0.406 e. The van der Waals surface area contributed by atoms with E-state index < -0.39 is 11.9 Å². The number of aromatic nitrogens is 2. The molecule has 1 aromatic heterocycles. The Hall–Kier alpha value is -2.39. The maximum Gasteiger partial charge on any atom is 0.573 e. The Morgan fingerprint density at radius 2 is 1.90 bits per heavy atom. The highest BCUT2D eigenvalue weighted by Crippen LogP contribution is 2.38. The van der Waals surface area contributed by atoms with E-state index in [0.29, 0.717) is 17.1 Å². The number of carbonyl (C=O) groups is 1. The summed E-state index contributed by atoms with van der Waals surface area (Å²) in [6.45, 7) is 2.57. The number of likely N-dealkylation sites (N-methyl/N-ethyl adjacent to an activating group) is 1. The van der Waals surface area contributed by atoms with Crippen molar-refractivity contribution < 1.29 is 22.7 Å². The third kappa shape index (κ3) is 4.37. The van der Waals surface area contributed by atoms with Crippen LogP contribution in [0.4, 0.5) is 13.2 Å². The number of ether oxygens (including phenoxy) is 1. The van der Waals surface area contributed by atoms with Gasteiger partial charge in [-0.3, -0.25) is 10.1 Å². The molecule has 2 saturated heterocycles. The summed E-state index contributed by atoms with van der Waals surface area (Å²) >= 11 is 0. The number of aryl methyl sites for hydroxylation is 1. The first-order chi connectivity index (χ1) is 13.7. The molecular weight excluding hydrogens is 421 g/mol. The van der Waals surface area contributed by atoms with E-state index in [2.05, 4.69) is 20.0 Å². The number of rotatable bonds is 3. The highest BCUT2D eigenvalue weighted by atomic mass is 35.5. The number of benzene rings is 1. The zero-order valence-corrected chi connectivity index (χ0v) is 17.3. The Morgan fingerprint density at radius 3 is 2.50 bits per heavy atom. The average Bonchev–Trinajstić information content (AvgIpc) is 3.21. The lowest BCUT2D eigenvalue weighted by Crippen LogP contribution is -2.47. The van der Waals surface area contributed by atoms with Crippen LogP contribution in [0.15, 0.2) is 30.3 Å². The molecule has 162 valence electrons. The van der Waals surface area contributed by atoms with E-state index in [4.69, 9.17) is 0 Å². The summed E-state index contributed by atoms with van der Waals surface area (Å²) in [5.74, 6) is 0.415. The van der Waals surface area contributed by atoms with Gasteiger partial charge in [-0.15, -0.1) is 25.6 Å². The van der Waals surface area contributed by atoms with Crippen molar-refractivity contribution in [1.82, 2.24) is 20.2 Å². The number of carbonyl (C=O) groups excluding carboxylic acids is 1. The van der Waals surface area contributed by atoms with Crippen molar-refractivity contribution in [3.05, 3.63) is 41.9 Å². The van der Waals surface area contributed by atoms with Crippen LogP contribution in [0, 0.1) is 6.92 Å². The first-order valence-electron chi connectivity index (χ1n) is 9.40. The standard InChI is InChI=1S/C20H21F3N4O2.ClH/c1-12-11-16(13-3-5-14(6-4-13)29-20(21,22)23)25-17(24-12)15-7-8-19(26-15)9-10-27(2)18(19)28;/h3-6,11,15,26H,7-10H2,1-2H3;1H/t15-,19+;/m1./s1. The van der Waals surface area contributed by atoms with Gasteiger partial charge in [-0.25, -0.2) is 9.97 Å². The van der Waals surface area contributed by atoms with Crippen molar-refractivity contribution >= 4 is 18.3 Å². The fourth-order valence-corrected chi connectivity index (χ4v) is 4.08. The second-order valence-corrected chi connectivity index (χ2v) is 7.62. The van der Waals surface area contributed by atoms with Gasteiger partial charge in [-0.1, -0.05) is 0 Å². The number of hydrogen-bond donors (Lipinski definition) is 1. The monoisotopic (exact) mass is 442 g/mol. The Balaban J connectivity index is 0.00000256. The summed E-state index contributed by atoms with van der Waals surface area (Å²) in [6.07, 6.45) is -2.48. The van der Waals surface area contributed by atoms with Crippen LogP contribution in [0.25, 0.3) is 11.3 Å². The number of hydrogen-bond acceptors (Lipinski definition) is 5. The highest BCUT2D eigenvalue weighted by Gasteiger charge is 2.50. The highest BCUT2D eigenvalue weighted by molar-refractivity contribution is 5.88. The van der Waals surface area contributed by atoms with Crippen LogP contribution in [0.3, 0.4) is 0 Å². The molecule has 0 unspecified atom stereocenters. The summed E-state index contributed by atoms with van der Waals surface area (Å²) in [6, 6.07) is 7.22. The maximum absolute atomic E-state index is 12.5. The Bertz CT molecular complexity index is 939. The van der Waals surface area contributed by atoms with Crippen molar-refractivity contribution in [2.75, 3.05) is 13.6 Å². The number of alkyl halides is 3. The molecule has 1 amide bonds. The van der Waals surface area contributed by atoms with Crippen molar-refractivity contribution in [1.29, 1.82) is 0 Å². The van der Waals surface area contributed by atoms with Gasteiger partial charge in [0.1, 0.15) is 17.1 Å². The lowest BCUT2D eigenvalue weighted by atomic mass is 9.96. The molecule has 0 bridgehead atoms. The van der Waals surface area contributed by atoms with E-state index >= 15 is 0 Å². The van der Waals surface area contributed by atoms with Gasteiger partial charge in [0, 0.05) is 24.8 Å². The molecule has 2 atom stereocenters. The van der Waals surface area contributed by atoms with Crippen LogP contribution in [0.1, 0.15) is 36.8 Å². The van der Waals surface area contributed by atoms with Gasteiger partial charge in [-0.05, 0) is 56.5 Å². The van der Waals surface area contributed by atoms with Crippen molar-refractivity contribution in [3.8, 4) is 17.0 Å². The zero-order chi connectivity index (χ0) is 20.8. The van der Waals surface area contributed by atoms with E-state index in [0.717, 1.165) is 31.5 Å². The normalized spacial score (nSPS) is 23.7. The topological polar surface area (TPSA) is 67.3 Å². The van der Waals surface area contributed by atoms with Gasteiger partial charge in [0.05, 0.1) is 11.7 Å². The number of amides is 1. The molecule has 30 heavy (non-hydrogen) atoms. The molecule has 0 aliphatic carbocycles. The van der Waals surface area contributed by atoms with E-state index in [9.17, 15) is 18.0 Å². The lowest BCUT2D eigenvalue weighted by Gasteiger charge is -2.23. The molecule has 4 rings (SSSR count). The van der Waals surface area contributed by atoms with Crippen molar-refractivity contribution in [2.24, 2.45) is 0 Å². The maximum atomic E-state index is 12.5. The second-order valence-electron chi connectivity index (χ2n) is 7.62. The fraction of sp³-hybridized carbons (Fsp3) is 0.450. The molecule has 6 nitrogen and oxygen atoms in total. The summed E-state index contributed by atoms with van der Waals surface area (Å²) in [4.78, 5) is 23.4. The number of halogens is 4. The molecule has 3 heterocycles. The average molecular weight is 443 g/mol. The summed E-state index contributed by atoms with van der Waals surface area (Å²) in [5, 5.41) is 3.44. The van der Waals surface area contributed by atoms with Crippen LogP contribution in [-0.4, -0.2) is 46.3 Å². The molecule has 2 aliphatic rings. The van der Waals surface area contributed by atoms with Crippen LogP contribution in [0.5, 0.6) is 5.75 Å². The largest absolute Gasteiger partial charge is 0.573 e. The molecule has 1 N–H and O–H groups in total. The number of likely N-dealkylation sites (tertiary alicyclic amines) is 1. The molecule has 10 heteroatoms. The predicted octanol–water partition coefficient (Wildman–Crippen LogP) is 3.80. The molecule has 0 saturated carbocycles. The first-order valence-corrected chi connectivity index (χ1v) is 9.40. The van der Waals surface area contributed by atoms with Gasteiger partial charge in [0.2, 0.25) is 5.91 Å². The van der Waals surface area contributed by atoms with E-state index in [-0.39, 0.29) is 30.1 Å². The third-order valence-electron chi connectivity index (χ3n) is 5.51. The summed E-state index contributed by atoms with van der Waals surface area (Å²) in [7, 11) is 1.81. The van der Waals surface area contributed by atoms with E-state index in [1.54, 1.807) is 18.0 Å². The fourth-order valence-electron chi connectivity index (χ4n) is 4.08. The molecular formula is C20H22ClF3N4O2. The van der Waals surface area contributed by atoms with Crippen LogP contribution >= 0.6 is 12.4 Å². The minimum atomic E-state index is -4.73. The van der Waals surface area contributed by atoms with E-state index in [1.807, 2.05) is 6.92 Å². The molecule has 1 spiro atoms. The van der Waals surface area contributed by atoms with Crippen LogP contribution < -0.4 is 10.1 Å². The predicted molar refractivity (Wildman–Crippen MR) is 106 cm³/mol. The van der Waals surface area contributed by atoms with Crippen molar-refractivity contribution in [2.45, 2.75) is 44.1 Å².